The van der Waals surface area contributed by atoms with Gasteiger partial charge in [-0.25, -0.2) is 0 Å². The number of nitrogens with zero attached hydrogens (tertiary/aromatic N) is 2. The van der Waals surface area contributed by atoms with E-state index in [1.165, 1.54) is 7.11 Å². The smallest absolute Gasteiger partial charge is 0.253 e. The maximum atomic E-state index is 12.1. The summed E-state index contributed by atoms with van der Waals surface area (Å²) in [5.41, 5.74) is 5.51. The van der Waals surface area contributed by atoms with Gasteiger partial charge in [0.1, 0.15) is 11.9 Å². The molecule has 106 valence electrons. The van der Waals surface area contributed by atoms with Crippen LogP contribution < -0.4 is 5.73 Å². The van der Waals surface area contributed by atoms with E-state index < -0.39 is 6.10 Å². The van der Waals surface area contributed by atoms with Gasteiger partial charge in [-0.2, -0.15) is 0 Å². The number of hydrogen-bond acceptors (Lipinski definition) is 5. The average molecular weight is 267 g/mol. The highest BCUT2D eigenvalue weighted by molar-refractivity contribution is 5.81. The molecule has 0 radical (unpaired) electrons. The fourth-order valence-electron chi connectivity index (χ4n) is 2.25. The van der Waals surface area contributed by atoms with Crippen molar-refractivity contribution in [2.45, 2.75) is 12.6 Å². The molecule has 1 amide bonds. The van der Waals surface area contributed by atoms with Crippen LogP contribution in [0.5, 0.6) is 0 Å². The maximum Gasteiger partial charge on any atom is 0.253 e. The lowest BCUT2D eigenvalue weighted by atomic mass is 10.2. The Labute approximate surface area is 113 Å². The Balaban J connectivity index is 1.80. The number of furan rings is 1. The third kappa shape index (κ3) is 3.56. The zero-order valence-corrected chi connectivity index (χ0v) is 11.2. The van der Waals surface area contributed by atoms with Crippen LogP contribution in [-0.2, 0) is 16.1 Å². The first-order chi connectivity index (χ1) is 9.24. The zero-order valence-electron chi connectivity index (χ0n) is 11.2. The Morgan fingerprint density at radius 3 is 2.74 bits per heavy atom. The van der Waals surface area contributed by atoms with Gasteiger partial charge in [-0.3, -0.25) is 9.69 Å². The molecule has 2 N–H and O–H groups in total. The molecule has 1 aromatic rings. The van der Waals surface area contributed by atoms with E-state index >= 15 is 0 Å². The van der Waals surface area contributed by atoms with Crippen molar-refractivity contribution < 1.29 is 13.9 Å². The van der Waals surface area contributed by atoms with Gasteiger partial charge in [-0.05, 0) is 12.1 Å². The number of methoxy groups -OCH3 is 1. The zero-order chi connectivity index (χ0) is 13.7. The molecule has 0 spiro atoms. The lowest BCUT2D eigenvalue weighted by Crippen LogP contribution is -2.52. The van der Waals surface area contributed by atoms with E-state index in [1.54, 1.807) is 6.26 Å². The molecule has 19 heavy (non-hydrogen) atoms. The summed E-state index contributed by atoms with van der Waals surface area (Å²) in [7, 11) is 1.52. The van der Waals surface area contributed by atoms with Crippen LogP contribution in [0.4, 0.5) is 0 Å². The normalized spacial score (nSPS) is 18.5. The number of carbonyl (C=O) groups is 1. The number of nitrogens with two attached hydrogens (primary N) is 1. The summed E-state index contributed by atoms with van der Waals surface area (Å²) in [6, 6.07) is 3.85. The molecule has 2 heterocycles. The summed E-state index contributed by atoms with van der Waals surface area (Å²) < 4.78 is 10.4. The summed E-state index contributed by atoms with van der Waals surface area (Å²) in [4.78, 5) is 16.2. The van der Waals surface area contributed by atoms with Crippen molar-refractivity contribution >= 4 is 5.91 Å². The molecule has 0 saturated carbocycles. The second-order valence-corrected chi connectivity index (χ2v) is 4.64. The van der Waals surface area contributed by atoms with Crippen LogP contribution >= 0.6 is 0 Å². The monoisotopic (exact) mass is 267 g/mol. The van der Waals surface area contributed by atoms with Gasteiger partial charge in [0.05, 0.1) is 12.8 Å². The van der Waals surface area contributed by atoms with Crippen LogP contribution in [0.2, 0.25) is 0 Å². The van der Waals surface area contributed by atoms with Gasteiger partial charge in [-0.15, -0.1) is 0 Å². The second kappa shape index (κ2) is 6.70. The molecule has 1 saturated heterocycles. The minimum absolute atomic E-state index is 0.0114. The first-order valence-corrected chi connectivity index (χ1v) is 6.51. The lowest BCUT2D eigenvalue weighted by molar-refractivity contribution is -0.143. The Bertz CT molecular complexity index is 382. The Morgan fingerprint density at radius 2 is 2.21 bits per heavy atom. The summed E-state index contributed by atoms with van der Waals surface area (Å²) in [6.45, 7) is 4.11. The SMILES string of the molecule is COC(CN)C(=O)N1CCN(Cc2ccco2)CC1. The number of ether oxygens (including phenoxy) is 1. The minimum Gasteiger partial charge on any atom is -0.468 e. The molecule has 1 fully saturated rings. The summed E-state index contributed by atoms with van der Waals surface area (Å²) in [5.74, 6) is 0.944. The molecule has 1 aliphatic heterocycles. The van der Waals surface area contributed by atoms with Crippen LogP contribution in [0.1, 0.15) is 5.76 Å². The van der Waals surface area contributed by atoms with Crippen molar-refractivity contribution in [2.75, 3.05) is 39.8 Å². The molecule has 1 unspecified atom stereocenters. The highest BCUT2D eigenvalue weighted by atomic mass is 16.5. The van der Waals surface area contributed by atoms with E-state index in [1.807, 2.05) is 17.0 Å². The predicted octanol–water partition coefficient (Wildman–Crippen LogP) is -0.102. The number of amides is 1. The van der Waals surface area contributed by atoms with Crippen LogP contribution in [-0.4, -0.2) is 61.6 Å². The van der Waals surface area contributed by atoms with Crippen molar-refractivity contribution in [1.82, 2.24) is 9.80 Å². The summed E-state index contributed by atoms with van der Waals surface area (Å²) in [6.07, 6.45) is 1.16. The molecule has 0 bridgehead atoms. The molecule has 0 aliphatic carbocycles. The molecule has 0 aromatic carbocycles. The second-order valence-electron chi connectivity index (χ2n) is 4.64. The molecule has 6 heteroatoms. The Hall–Kier alpha value is -1.37. The third-order valence-corrected chi connectivity index (χ3v) is 3.42. The fourth-order valence-corrected chi connectivity index (χ4v) is 2.25. The largest absolute Gasteiger partial charge is 0.468 e. The van der Waals surface area contributed by atoms with Crippen molar-refractivity contribution in [3.63, 3.8) is 0 Å². The number of hydrogen-bond donors (Lipinski definition) is 1. The average Bonchev–Trinajstić information content (AvgIpc) is 2.94. The van der Waals surface area contributed by atoms with Crippen LogP contribution in [0.15, 0.2) is 22.8 Å². The van der Waals surface area contributed by atoms with Crippen molar-refractivity contribution in [3.8, 4) is 0 Å². The van der Waals surface area contributed by atoms with E-state index in [2.05, 4.69) is 4.90 Å². The first-order valence-electron chi connectivity index (χ1n) is 6.51. The lowest BCUT2D eigenvalue weighted by Gasteiger charge is -2.35. The standard InChI is InChI=1S/C13H21N3O3/c1-18-12(9-14)13(17)16-6-4-15(5-7-16)10-11-3-2-8-19-11/h2-3,8,12H,4-7,9-10,14H2,1H3. The summed E-state index contributed by atoms with van der Waals surface area (Å²) in [5, 5.41) is 0. The topological polar surface area (TPSA) is 71.9 Å². The molecular formula is C13H21N3O3. The Morgan fingerprint density at radius 1 is 1.47 bits per heavy atom. The molecule has 6 nitrogen and oxygen atoms in total. The van der Waals surface area contributed by atoms with Crippen molar-refractivity contribution in [1.29, 1.82) is 0 Å². The predicted molar refractivity (Wildman–Crippen MR) is 70.4 cm³/mol. The van der Waals surface area contributed by atoms with Gasteiger partial charge < -0.3 is 19.8 Å². The van der Waals surface area contributed by atoms with Crippen molar-refractivity contribution in [2.24, 2.45) is 5.73 Å². The third-order valence-electron chi connectivity index (χ3n) is 3.42. The van der Waals surface area contributed by atoms with Gasteiger partial charge in [0.2, 0.25) is 0 Å². The van der Waals surface area contributed by atoms with Crippen LogP contribution in [0.25, 0.3) is 0 Å². The molecule has 1 aromatic heterocycles. The van der Waals surface area contributed by atoms with Gasteiger partial charge in [0.25, 0.3) is 5.91 Å². The van der Waals surface area contributed by atoms with E-state index in [0.29, 0.717) is 13.1 Å². The molecular weight excluding hydrogens is 246 g/mol. The summed E-state index contributed by atoms with van der Waals surface area (Å²) >= 11 is 0. The van der Waals surface area contributed by atoms with Gasteiger partial charge in [0, 0.05) is 39.8 Å². The molecule has 1 aliphatic rings. The quantitative estimate of drug-likeness (QED) is 0.806. The fraction of sp³-hybridized carbons (Fsp3) is 0.615. The maximum absolute atomic E-state index is 12.1. The molecule has 1 atom stereocenters. The minimum atomic E-state index is -0.517. The Kier molecular flexibility index (Phi) is 4.95. The van der Waals surface area contributed by atoms with E-state index in [-0.39, 0.29) is 12.5 Å². The van der Waals surface area contributed by atoms with E-state index in [4.69, 9.17) is 14.9 Å². The number of carbonyl (C=O) groups excluding carboxylic acids is 1. The van der Waals surface area contributed by atoms with Crippen molar-refractivity contribution in [3.05, 3.63) is 24.2 Å². The first kappa shape index (κ1) is 14.0. The number of rotatable bonds is 5. The van der Waals surface area contributed by atoms with Gasteiger partial charge in [-0.1, -0.05) is 0 Å². The van der Waals surface area contributed by atoms with Gasteiger partial charge in [0.15, 0.2) is 0 Å². The van der Waals surface area contributed by atoms with E-state index in [0.717, 1.165) is 25.4 Å². The van der Waals surface area contributed by atoms with E-state index in [9.17, 15) is 4.79 Å². The molecule has 2 rings (SSSR count). The highest BCUT2D eigenvalue weighted by Gasteiger charge is 2.26. The van der Waals surface area contributed by atoms with Crippen LogP contribution in [0, 0.1) is 0 Å². The number of piperazine rings is 1. The highest BCUT2D eigenvalue weighted by Crippen LogP contribution is 2.10. The van der Waals surface area contributed by atoms with Gasteiger partial charge >= 0.3 is 0 Å². The van der Waals surface area contributed by atoms with Crippen LogP contribution in [0.3, 0.4) is 0 Å².